The molecule has 0 radical (unpaired) electrons. The Kier molecular flexibility index (Phi) is 4.73. The van der Waals surface area contributed by atoms with Crippen LogP contribution in [-0.4, -0.2) is 28.3 Å². The van der Waals surface area contributed by atoms with Crippen LogP contribution < -0.4 is 0 Å². The van der Waals surface area contributed by atoms with Gasteiger partial charge in [-0.25, -0.2) is 4.79 Å². The van der Waals surface area contributed by atoms with E-state index in [4.69, 9.17) is 8.95 Å². The summed E-state index contributed by atoms with van der Waals surface area (Å²) in [6.45, 7) is 13.5. The van der Waals surface area contributed by atoms with Crippen LogP contribution in [0.5, 0.6) is 0 Å². The first kappa shape index (κ1) is 14.4. The van der Waals surface area contributed by atoms with Crippen molar-refractivity contribution in [3.63, 3.8) is 0 Å². The van der Waals surface area contributed by atoms with Gasteiger partial charge in [-0.15, -0.1) is 0 Å². The zero-order valence-electron chi connectivity index (χ0n) is 10.7. The predicted octanol–water partition coefficient (Wildman–Crippen LogP) is 2.59. The topological polar surface area (TPSA) is 47.9 Å². The van der Waals surface area contributed by atoms with Crippen LogP contribution in [-0.2, 0) is 13.7 Å². The number of hydrogen-bond acceptors (Lipinski definition) is 4. The summed E-state index contributed by atoms with van der Waals surface area (Å²) in [7, 11) is -3.54. The first-order valence-corrected chi connectivity index (χ1v) is 11.8. The van der Waals surface area contributed by atoms with E-state index in [1.165, 1.54) is 0 Å². The van der Waals surface area contributed by atoms with Crippen LogP contribution in [0.4, 0.5) is 0 Å². The third-order valence-corrected chi connectivity index (χ3v) is 2.59. The maximum absolute atomic E-state index is 11.5. The highest BCUT2D eigenvalue weighted by atomic mass is 28.4. The van der Waals surface area contributed by atoms with E-state index in [0.29, 0.717) is 5.71 Å². The van der Waals surface area contributed by atoms with E-state index >= 15 is 0 Å². The lowest BCUT2D eigenvalue weighted by Gasteiger charge is -2.18. The van der Waals surface area contributed by atoms with Crippen molar-refractivity contribution in [3.05, 3.63) is 0 Å². The fourth-order valence-electron chi connectivity index (χ4n) is 0.595. The molecule has 0 unspecified atom stereocenters. The number of hydrogen-bond donors (Lipinski definition) is 0. The normalized spacial score (nSPS) is 13.7. The van der Waals surface area contributed by atoms with Crippen molar-refractivity contribution in [2.45, 2.75) is 46.2 Å². The Labute approximate surface area is 93.9 Å². The van der Waals surface area contributed by atoms with Gasteiger partial charge in [0.1, 0.15) is 0 Å². The van der Waals surface area contributed by atoms with Gasteiger partial charge in [0.2, 0.25) is 8.32 Å². The lowest BCUT2D eigenvalue weighted by Crippen LogP contribution is -2.33. The standard InChI is InChI=1S/C9H21NO3Si2/c1-8(10-13-15(5,6)7)9(11)12-14(2,3)4/h1-7H3/b10-8+. The molecule has 88 valence electrons. The maximum atomic E-state index is 11.5. The molecule has 0 bridgehead atoms. The SMILES string of the molecule is C/C(=N\O[Si](C)(C)C)C(=O)O[Si](C)(C)C. The monoisotopic (exact) mass is 247 g/mol. The molecule has 4 nitrogen and oxygen atoms in total. The molecule has 6 heteroatoms. The molecule has 0 aromatic heterocycles. The molecule has 0 rings (SSSR count). The Hall–Kier alpha value is -0.626. The highest BCUT2D eigenvalue weighted by molar-refractivity contribution is 6.72. The molecule has 0 N–H and O–H groups in total. The summed E-state index contributed by atoms with van der Waals surface area (Å²) < 4.78 is 10.5. The van der Waals surface area contributed by atoms with Crippen LogP contribution >= 0.6 is 0 Å². The fourth-order valence-corrected chi connectivity index (χ4v) is 1.71. The minimum atomic E-state index is -1.83. The van der Waals surface area contributed by atoms with Gasteiger partial charge < -0.3 is 8.95 Å². The first-order chi connectivity index (χ1) is 6.51. The molecule has 0 atom stereocenters. The van der Waals surface area contributed by atoms with Crippen LogP contribution in [0.1, 0.15) is 6.92 Å². The summed E-state index contributed by atoms with van der Waals surface area (Å²) in [5.41, 5.74) is 0.292. The Morgan fingerprint density at radius 3 is 1.80 bits per heavy atom. The molecule has 0 amide bonds. The average molecular weight is 247 g/mol. The maximum Gasteiger partial charge on any atom is 0.342 e. The fraction of sp³-hybridized carbons (Fsp3) is 0.778. The summed E-state index contributed by atoms with van der Waals surface area (Å²) in [5, 5.41) is 3.81. The molecule has 0 heterocycles. The summed E-state index contributed by atoms with van der Waals surface area (Å²) in [5.74, 6) is -0.368. The molecule has 0 aliphatic heterocycles. The van der Waals surface area contributed by atoms with Crippen molar-refractivity contribution in [2.24, 2.45) is 5.16 Å². The van der Waals surface area contributed by atoms with Gasteiger partial charge in [-0.2, -0.15) is 0 Å². The quantitative estimate of drug-likeness (QED) is 0.436. The van der Waals surface area contributed by atoms with E-state index in [1.807, 2.05) is 39.3 Å². The van der Waals surface area contributed by atoms with Gasteiger partial charge in [0.15, 0.2) is 5.71 Å². The molecule has 0 aliphatic rings. The van der Waals surface area contributed by atoms with Gasteiger partial charge in [0.05, 0.1) is 0 Å². The van der Waals surface area contributed by atoms with Crippen molar-refractivity contribution >= 4 is 28.3 Å². The van der Waals surface area contributed by atoms with Gasteiger partial charge in [-0.05, 0) is 46.2 Å². The smallest absolute Gasteiger partial charge is 0.342 e. The minimum Gasteiger partial charge on any atom is -0.515 e. The Morgan fingerprint density at radius 1 is 1.00 bits per heavy atom. The molecular formula is C9H21NO3Si2. The van der Waals surface area contributed by atoms with E-state index in [-0.39, 0.29) is 5.97 Å². The molecule has 0 aromatic rings. The van der Waals surface area contributed by atoms with Gasteiger partial charge >= 0.3 is 5.97 Å². The van der Waals surface area contributed by atoms with E-state index in [9.17, 15) is 4.79 Å². The number of carbonyl (C=O) groups excluding carboxylic acids is 1. The number of nitrogens with zero attached hydrogens (tertiary/aromatic N) is 1. The number of rotatable bonds is 4. The van der Waals surface area contributed by atoms with Crippen LogP contribution in [0.25, 0.3) is 0 Å². The van der Waals surface area contributed by atoms with E-state index in [0.717, 1.165) is 0 Å². The Morgan fingerprint density at radius 2 is 1.47 bits per heavy atom. The first-order valence-electron chi connectivity index (χ1n) is 4.97. The van der Waals surface area contributed by atoms with Crippen LogP contribution in [0.2, 0.25) is 39.3 Å². The van der Waals surface area contributed by atoms with Crippen molar-refractivity contribution in [1.82, 2.24) is 0 Å². The summed E-state index contributed by atoms with van der Waals surface area (Å²) in [6.07, 6.45) is 0. The highest BCUT2D eigenvalue weighted by Gasteiger charge is 2.23. The van der Waals surface area contributed by atoms with Crippen LogP contribution in [0.15, 0.2) is 5.16 Å². The van der Waals surface area contributed by atoms with Crippen molar-refractivity contribution in [1.29, 1.82) is 0 Å². The van der Waals surface area contributed by atoms with Crippen molar-refractivity contribution in [2.75, 3.05) is 0 Å². The second-order valence-corrected chi connectivity index (χ2v) is 14.2. The third-order valence-electron chi connectivity index (χ3n) is 1.15. The van der Waals surface area contributed by atoms with Gasteiger partial charge in [0, 0.05) is 0 Å². The molecule has 0 fully saturated rings. The van der Waals surface area contributed by atoms with Crippen molar-refractivity contribution < 1.29 is 13.7 Å². The predicted molar refractivity (Wildman–Crippen MR) is 67.0 cm³/mol. The zero-order valence-corrected chi connectivity index (χ0v) is 12.7. The second kappa shape index (κ2) is 4.93. The molecule has 0 aliphatic carbocycles. The van der Waals surface area contributed by atoms with Crippen LogP contribution in [0, 0.1) is 0 Å². The number of carbonyl (C=O) groups is 1. The zero-order chi connectivity index (χ0) is 12.3. The average Bonchev–Trinajstić information content (AvgIpc) is 1.95. The van der Waals surface area contributed by atoms with Gasteiger partial charge in [-0.1, -0.05) is 5.16 Å². The van der Waals surface area contributed by atoms with Crippen molar-refractivity contribution in [3.8, 4) is 0 Å². The summed E-state index contributed by atoms with van der Waals surface area (Å²) in [4.78, 5) is 11.5. The summed E-state index contributed by atoms with van der Waals surface area (Å²) >= 11 is 0. The van der Waals surface area contributed by atoms with Gasteiger partial charge in [0.25, 0.3) is 8.32 Å². The minimum absolute atomic E-state index is 0.292. The largest absolute Gasteiger partial charge is 0.515 e. The van der Waals surface area contributed by atoms with Crippen LogP contribution in [0.3, 0.4) is 0 Å². The molecule has 0 spiro atoms. The lowest BCUT2D eigenvalue weighted by molar-refractivity contribution is -0.127. The molecule has 15 heavy (non-hydrogen) atoms. The highest BCUT2D eigenvalue weighted by Crippen LogP contribution is 2.06. The third kappa shape index (κ3) is 8.37. The molecule has 0 saturated heterocycles. The number of oxime groups is 1. The summed E-state index contributed by atoms with van der Waals surface area (Å²) in [6, 6.07) is 0. The molecular weight excluding hydrogens is 226 g/mol. The van der Waals surface area contributed by atoms with E-state index in [2.05, 4.69) is 5.16 Å². The molecule has 0 aromatic carbocycles. The van der Waals surface area contributed by atoms with E-state index < -0.39 is 16.6 Å². The van der Waals surface area contributed by atoms with Gasteiger partial charge in [-0.3, -0.25) is 0 Å². The Bertz CT molecular complexity index is 264. The molecule has 0 saturated carbocycles. The lowest BCUT2D eigenvalue weighted by atomic mass is 10.4. The second-order valence-electron chi connectivity index (χ2n) is 5.38. The Balaban J connectivity index is 4.33. The van der Waals surface area contributed by atoms with E-state index in [1.54, 1.807) is 6.92 Å².